The van der Waals surface area contributed by atoms with Crippen molar-refractivity contribution in [1.82, 2.24) is 24.5 Å². The van der Waals surface area contributed by atoms with Gasteiger partial charge in [0.25, 0.3) is 5.56 Å². The molecule has 0 amide bonds. The van der Waals surface area contributed by atoms with Crippen LogP contribution in [0.4, 0.5) is 0 Å². The Balaban J connectivity index is 1.72. The summed E-state index contributed by atoms with van der Waals surface area (Å²) in [5.74, 6) is 1.26. The van der Waals surface area contributed by atoms with Gasteiger partial charge in [-0.15, -0.1) is 5.10 Å². The van der Waals surface area contributed by atoms with Crippen LogP contribution in [-0.4, -0.2) is 31.7 Å². The summed E-state index contributed by atoms with van der Waals surface area (Å²) in [6.07, 6.45) is 3.90. The standard InChI is InChI=1S/C23H19N5O2/c1-27-13-21(25-26-27)28-14-24-22-19-6-4-3-5-18(19)16(12-20(22)23(28)29)11-15-7-9-17(30-2)10-8-15/h3-10,12-14H,11H2,1-2H3. The molecule has 0 spiro atoms. The summed E-state index contributed by atoms with van der Waals surface area (Å²) in [6.45, 7) is 0. The number of aryl methyl sites for hydroxylation is 1. The molecule has 3 aromatic carbocycles. The highest BCUT2D eigenvalue weighted by Gasteiger charge is 2.14. The van der Waals surface area contributed by atoms with E-state index in [-0.39, 0.29) is 5.56 Å². The maximum absolute atomic E-state index is 13.3. The van der Waals surface area contributed by atoms with Crippen LogP contribution in [0.15, 0.2) is 71.9 Å². The Labute approximate surface area is 172 Å². The van der Waals surface area contributed by atoms with Crippen molar-refractivity contribution in [2.75, 3.05) is 7.11 Å². The number of aromatic nitrogens is 5. The summed E-state index contributed by atoms with van der Waals surface area (Å²) >= 11 is 0. The summed E-state index contributed by atoms with van der Waals surface area (Å²) in [7, 11) is 3.41. The number of hydrogen-bond acceptors (Lipinski definition) is 5. The highest BCUT2D eigenvalue weighted by Crippen LogP contribution is 2.28. The molecule has 5 aromatic rings. The van der Waals surface area contributed by atoms with Gasteiger partial charge in [0, 0.05) is 12.4 Å². The summed E-state index contributed by atoms with van der Waals surface area (Å²) in [6, 6.07) is 18.0. The van der Waals surface area contributed by atoms with Crippen LogP contribution in [0.5, 0.6) is 5.75 Å². The van der Waals surface area contributed by atoms with Gasteiger partial charge in [-0.1, -0.05) is 41.6 Å². The van der Waals surface area contributed by atoms with E-state index in [1.54, 1.807) is 25.0 Å². The molecule has 2 aromatic heterocycles. The lowest BCUT2D eigenvalue weighted by Crippen LogP contribution is -2.19. The number of rotatable bonds is 4. The number of fused-ring (bicyclic) bond motifs is 3. The van der Waals surface area contributed by atoms with E-state index >= 15 is 0 Å². The van der Waals surface area contributed by atoms with Gasteiger partial charge >= 0.3 is 0 Å². The molecule has 0 N–H and O–H groups in total. The first-order valence-electron chi connectivity index (χ1n) is 9.55. The van der Waals surface area contributed by atoms with E-state index in [1.165, 1.54) is 10.9 Å². The largest absolute Gasteiger partial charge is 0.497 e. The minimum absolute atomic E-state index is 0.165. The first kappa shape index (κ1) is 18.1. The van der Waals surface area contributed by atoms with Crippen molar-refractivity contribution in [2.45, 2.75) is 6.42 Å². The van der Waals surface area contributed by atoms with Crippen LogP contribution in [0.3, 0.4) is 0 Å². The zero-order chi connectivity index (χ0) is 20.7. The molecule has 0 atom stereocenters. The molecule has 0 aliphatic heterocycles. The Hall–Kier alpha value is -4.00. The molecule has 0 saturated heterocycles. The van der Waals surface area contributed by atoms with Crippen molar-refractivity contribution in [3.05, 3.63) is 88.6 Å². The van der Waals surface area contributed by atoms with Crippen molar-refractivity contribution in [1.29, 1.82) is 0 Å². The Morgan fingerprint density at radius 1 is 1.00 bits per heavy atom. The number of hydrogen-bond donors (Lipinski definition) is 0. The molecule has 7 heteroatoms. The van der Waals surface area contributed by atoms with E-state index in [4.69, 9.17) is 4.74 Å². The summed E-state index contributed by atoms with van der Waals surface area (Å²) in [5.41, 5.74) is 2.73. The lowest BCUT2D eigenvalue weighted by atomic mass is 9.96. The normalized spacial score (nSPS) is 11.3. The third-order valence-electron chi connectivity index (χ3n) is 5.24. The molecule has 0 saturated carbocycles. The van der Waals surface area contributed by atoms with Crippen LogP contribution >= 0.6 is 0 Å². The number of methoxy groups -OCH3 is 1. The second kappa shape index (κ2) is 7.11. The van der Waals surface area contributed by atoms with Gasteiger partial charge in [0.2, 0.25) is 0 Å². The van der Waals surface area contributed by atoms with Gasteiger partial charge in [0.15, 0.2) is 5.82 Å². The first-order valence-corrected chi connectivity index (χ1v) is 9.55. The summed E-state index contributed by atoms with van der Waals surface area (Å²) < 4.78 is 8.24. The predicted octanol–water partition coefficient (Wildman–Crippen LogP) is 3.27. The monoisotopic (exact) mass is 397 g/mol. The zero-order valence-electron chi connectivity index (χ0n) is 16.6. The van der Waals surface area contributed by atoms with Crippen LogP contribution < -0.4 is 10.3 Å². The highest BCUT2D eigenvalue weighted by molar-refractivity contribution is 6.06. The number of ether oxygens (including phenoxy) is 1. The molecule has 7 nitrogen and oxygen atoms in total. The van der Waals surface area contributed by atoms with E-state index in [0.29, 0.717) is 23.1 Å². The Bertz CT molecular complexity index is 1430. The molecule has 5 rings (SSSR count). The van der Waals surface area contributed by atoms with Crippen molar-refractivity contribution in [2.24, 2.45) is 7.05 Å². The summed E-state index contributed by atoms with van der Waals surface area (Å²) in [5, 5.41) is 10.6. The number of nitrogens with zero attached hydrogens (tertiary/aromatic N) is 5. The molecule has 0 aliphatic rings. The first-order chi connectivity index (χ1) is 14.6. The quantitative estimate of drug-likeness (QED) is 0.435. The fraction of sp³-hybridized carbons (Fsp3) is 0.130. The molecule has 0 aliphatic carbocycles. The number of benzene rings is 3. The molecule has 0 bridgehead atoms. The minimum Gasteiger partial charge on any atom is -0.497 e. The Morgan fingerprint density at radius 2 is 1.77 bits per heavy atom. The SMILES string of the molecule is COc1ccc(Cc2cc3c(=O)n(-c4cn(C)nn4)cnc3c3ccccc23)cc1. The van der Waals surface area contributed by atoms with E-state index in [9.17, 15) is 4.79 Å². The topological polar surface area (TPSA) is 74.8 Å². The van der Waals surface area contributed by atoms with Gasteiger partial charge in [-0.25, -0.2) is 9.55 Å². The van der Waals surface area contributed by atoms with Crippen LogP contribution in [0.2, 0.25) is 0 Å². The van der Waals surface area contributed by atoms with Gasteiger partial charge in [0.1, 0.15) is 12.1 Å². The molecular formula is C23H19N5O2. The fourth-order valence-electron chi connectivity index (χ4n) is 3.75. The smallest absolute Gasteiger partial charge is 0.267 e. The van der Waals surface area contributed by atoms with Crippen LogP contribution in [0.25, 0.3) is 27.5 Å². The zero-order valence-corrected chi connectivity index (χ0v) is 16.6. The van der Waals surface area contributed by atoms with Crippen LogP contribution in [0.1, 0.15) is 11.1 Å². The second-order valence-corrected chi connectivity index (χ2v) is 7.17. The maximum Gasteiger partial charge on any atom is 0.267 e. The van der Waals surface area contributed by atoms with E-state index in [2.05, 4.69) is 21.4 Å². The van der Waals surface area contributed by atoms with Gasteiger partial charge in [-0.3, -0.25) is 9.48 Å². The predicted molar refractivity (Wildman–Crippen MR) is 115 cm³/mol. The molecule has 0 radical (unpaired) electrons. The van der Waals surface area contributed by atoms with Crippen molar-refractivity contribution in [3.8, 4) is 11.6 Å². The van der Waals surface area contributed by atoms with Gasteiger partial charge in [-0.2, -0.15) is 0 Å². The van der Waals surface area contributed by atoms with Gasteiger partial charge < -0.3 is 4.74 Å². The molecule has 0 fully saturated rings. The maximum atomic E-state index is 13.3. The highest BCUT2D eigenvalue weighted by atomic mass is 16.5. The van der Waals surface area contributed by atoms with Crippen molar-refractivity contribution >= 4 is 21.7 Å². The van der Waals surface area contributed by atoms with Gasteiger partial charge in [-0.05, 0) is 41.1 Å². The van der Waals surface area contributed by atoms with Crippen molar-refractivity contribution < 1.29 is 4.74 Å². The average molecular weight is 397 g/mol. The van der Waals surface area contributed by atoms with Crippen LogP contribution in [0, 0.1) is 0 Å². The van der Waals surface area contributed by atoms with Crippen LogP contribution in [-0.2, 0) is 13.5 Å². The molecule has 0 unspecified atom stereocenters. The third-order valence-corrected chi connectivity index (χ3v) is 5.24. The lowest BCUT2D eigenvalue weighted by Gasteiger charge is -2.11. The lowest BCUT2D eigenvalue weighted by molar-refractivity contribution is 0.414. The summed E-state index contributed by atoms with van der Waals surface area (Å²) in [4.78, 5) is 17.9. The fourth-order valence-corrected chi connectivity index (χ4v) is 3.75. The van der Waals surface area contributed by atoms with E-state index in [0.717, 1.165) is 27.6 Å². The molecule has 2 heterocycles. The second-order valence-electron chi connectivity index (χ2n) is 7.17. The Morgan fingerprint density at radius 3 is 2.47 bits per heavy atom. The van der Waals surface area contributed by atoms with E-state index < -0.39 is 0 Å². The molecular weight excluding hydrogens is 378 g/mol. The van der Waals surface area contributed by atoms with Gasteiger partial charge in [0.05, 0.1) is 24.2 Å². The average Bonchev–Trinajstić information content (AvgIpc) is 3.21. The molecule has 30 heavy (non-hydrogen) atoms. The van der Waals surface area contributed by atoms with E-state index in [1.807, 2.05) is 48.5 Å². The Kier molecular flexibility index (Phi) is 4.28. The van der Waals surface area contributed by atoms with Crippen molar-refractivity contribution in [3.63, 3.8) is 0 Å². The molecule has 148 valence electrons. The third kappa shape index (κ3) is 3.00. The minimum atomic E-state index is -0.165.